The highest BCUT2D eigenvalue weighted by atomic mass is 19.4. The van der Waals surface area contributed by atoms with E-state index in [0.29, 0.717) is 24.1 Å². The molecule has 1 fully saturated rings. The van der Waals surface area contributed by atoms with Crippen molar-refractivity contribution in [3.63, 3.8) is 0 Å². The lowest BCUT2D eigenvalue weighted by molar-refractivity contribution is -0.161. The molecule has 1 aromatic carbocycles. The van der Waals surface area contributed by atoms with Crippen molar-refractivity contribution in [1.82, 2.24) is 15.6 Å². The van der Waals surface area contributed by atoms with E-state index in [1.165, 1.54) is 12.1 Å². The minimum absolute atomic E-state index is 0.0110. The fourth-order valence-electron chi connectivity index (χ4n) is 3.57. The third kappa shape index (κ3) is 5.86. The van der Waals surface area contributed by atoms with E-state index in [1.54, 1.807) is 18.2 Å². The molecule has 32 heavy (non-hydrogen) atoms. The minimum Gasteiger partial charge on any atom is -0.336 e. The number of carbonyl (C=O) groups is 1. The van der Waals surface area contributed by atoms with Crippen molar-refractivity contribution < 1.29 is 18.0 Å². The number of pyridine rings is 1. The summed E-state index contributed by atoms with van der Waals surface area (Å²) in [5, 5.41) is 14.4. The first kappa shape index (κ1) is 23.7. The van der Waals surface area contributed by atoms with E-state index < -0.39 is 29.7 Å². The van der Waals surface area contributed by atoms with Crippen LogP contribution in [0.5, 0.6) is 0 Å². The predicted molar refractivity (Wildman–Crippen MR) is 115 cm³/mol. The smallest absolute Gasteiger partial charge is 0.336 e. The van der Waals surface area contributed by atoms with E-state index in [1.807, 2.05) is 39.0 Å². The fourth-order valence-corrected chi connectivity index (χ4v) is 3.57. The molecule has 2 atom stereocenters. The monoisotopic (exact) mass is 444 g/mol. The molecule has 1 aromatic heterocycles. The van der Waals surface area contributed by atoms with Crippen molar-refractivity contribution in [2.75, 3.05) is 0 Å². The fraction of sp³-hybridized carbons (Fsp3) is 0.458. The van der Waals surface area contributed by atoms with Crippen LogP contribution in [-0.4, -0.2) is 28.6 Å². The Kier molecular flexibility index (Phi) is 6.89. The molecular weight excluding hydrogens is 417 g/mol. The first-order valence-electron chi connectivity index (χ1n) is 10.6. The highest BCUT2D eigenvalue weighted by Gasteiger charge is 2.47. The molecular formula is C24H27F3N4O. The second-order valence-corrected chi connectivity index (χ2v) is 8.79. The Labute approximate surface area is 186 Å². The molecule has 0 saturated heterocycles. The molecule has 5 nitrogen and oxygen atoms in total. The predicted octanol–water partition coefficient (Wildman–Crippen LogP) is 4.84. The van der Waals surface area contributed by atoms with Gasteiger partial charge in [0, 0.05) is 11.3 Å². The van der Waals surface area contributed by atoms with Crippen LogP contribution >= 0.6 is 0 Å². The van der Waals surface area contributed by atoms with Gasteiger partial charge in [0.25, 0.3) is 0 Å². The number of hydrogen-bond acceptors (Lipinski definition) is 4. The highest BCUT2D eigenvalue weighted by Crippen LogP contribution is 2.36. The first-order chi connectivity index (χ1) is 15.0. The van der Waals surface area contributed by atoms with Gasteiger partial charge in [-0.15, -0.1) is 0 Å². The average molecular weight is 445 g/mol. The van der Waals surface area contributed by atoms with Crippen molar-refractivity contribution in [3.05, 3.63) is 53.7 Å². The third-order valence-electron chi connectivity index (χ3n) is 5.47. The second-order valence-electron chi connectivity index (χ2n) is 8.79. The lowest BCUT2D eigenvalue weighted by Gasteiger charge is -2.29. The molecule has 2 N–H and O–H groups in total. The van der Waals surface area contributed by atoms with Crippen LogP contribution in [0.4, 0.5) is 13.2 Å². The van der Waals surface area contributed by atoms with Crippen molar-refractivity contribution in [3.8, 4) is 17.3 Å². The molecule has 1 aliphatic rings. The Morgan fingerprint density at radius 2 is 1.84 bits per heavy atom. The maximum Gasteiger partial charge on any atom is 0.407 e. The highest BCUT2D eigenvalue weighted by molar-refractivity contribution is 5.83. The number of aromatic nitrogens is 1. The Morgan fingerprint density at radius 1 is 1.19 bits per heavy atom. The van der Waals surface area contributed by atoms with E-state index in [4.69, 9.17) is 0 Å². The summed E-state index contributed by atoms with van der Waals surface area (Å²) in [5.41, 5.74) is 1.27. The van der Waals surface area contributed by atoms with Gasteiger partial charge in [0.2, 0.25) is 5.91 Å². The molecule has 1 amide bonds. The molecule has 1 aliphatic carbocycles. The number of alkyl halides is 3. The summed E-state index contributed by atoms with van der Waals surface area (Å²) >= 11 is 0. The molecule has 0 unspecified atom stereocenters. The lowest BCUT2D eigenvalue weighted by atomic mass is 9.98. The normalized spacial score (nSPS) is 16.8. The van der Waals surface area contributed by atoms with Gasteiger partial charge in [-0.2, -0.15) is 18.4 Å². The molecule has 1 heterocycles. The average Bonchev–Trinajstić information content (AvgIpc) is 3.50. The van der Waals surface area contributed by atoms with Gasteiger partial charge in [0.15, 0.2) is 0 Å². The van der Waals surface area contributed by atoms with E-state index >= 15 is 0 Å². The van der Waals surface area contributed by atoms with Gasteiger partial charge in [-0.3, -0.25) is 15.1 Å². The Bertz CT molecular complexity index is 992. The van der Waals surface area contributed by atoms with Crippen LogP contribution in [0.25, 0.3) is 11.3 Å². The van der Waals surface area contributed by atoms with Gasteiger partial charge in [-0.25, -0.2) is 0 Å². The SMILES string of the molecule is Cc1cccc(-c2ccc([C@H](N[C@@H](CC(C)C)C(=O)NC3(C#N)CC3)C(F)(F)F)cc2)n1. The summed E-state index contributed by atoms with van der Waals surface area (Å²) in [7, 11) is 0. The summed E-state index contributed by atoms with van der Waals surface area (Å²) in [6, 6.07) is 10.5. The van der Waals surface area contributed by atoms with Crippen LogP contribution in [0.3, 0.4) is 0 Å². The number of aryl methyl sites for hydroxylation is 1. The summed E-state index contributed by atoms with van der Waals surface area (Å²) in [6.07, 6.45) is -3.36. The summed E-state index contributed by atoms with van der Waals surface area (Å²) in [5.74, 6) is -0.591. The summed E-state index contributed by atoms with van der Waals surface area (Å²) < 4.78 is 42.0. The van der Waals surface area contributed by atoms with Crippen molar-refractivity contribution in [2.24, 2.45) is 5.92 Å². The number of rotatable bonds is 8. The molecule has 0 aliphatic heterocycles. The Hall–Kier alpha value is -2.92. The van der Waals surface area contributed by atoms with Crippen LogP contribution in [-0.2, 0) is 4.79 Å². The van der Waals surface area contributed by atoms with E-state index in [0.717, 1.165) is 5.69 Å². The molecule has 0 bridgehead atoms. The molecule has 8 heteroatoms. The van der Waals surface area contributed by atoms with Gasteiger partial charge in [0.1, 0.15) is 11.6 Å². The van der Waals surface area contributed by atoms with Crippen molar-refractivity contribution >= 4 is 5.91 Å². The Morgan fingerprint density at radius 3 is 2.34 bits per heavy atom. The largest absolute Gasteiger partial charge is 0.407 e. The number of benzene rings is 1. The van der Waals surface area contributed by atoms with Crippen LogP contribution in [0.2, 0.25) is 0 Å². The van der Waals surface area contributed by atoms with E-state index in [-0.39, 0.29) is 17.9 Å². The van der Waals surface area contributed by atoms with Crippen LogP contribution < -0.4 is 10.6 Å². The number of nitrogens with zero attached hydrogens (tertiary/aromatic N) is 2. The molecule has 0 spiro atoms. The second kappa shape index (κ2) is 9.29. The quantitative estimate of drug-likeness (QED) is 0.611. The van der Waals surface area contributed by atoms with Crippen molar-refractivity contribution in [2.45, 2.75) is 63.8 Å². The van der Waals surface area contributed by atoms with Gasteiger partial charge >= 0.3 is 6.18 Å². The molecule has 170 valence electrons. The number of halogens is 3. The van der Waals surface area contributed by atoms with E-state index in [2.05, 4.69) is 15.6 Å². The number of amides is 1. The molecule has 1 saturated carbocycles. The topological polar surface area (TPSA) is 77.8 Å². The lowest BCUT2D eigenvalue weighted by Crippen LogP contribution is -2.52. The Balaban J connectivity index is 1.84. The van der Waals surface area contributed by atoms with E-state index in [9.17, 15) is 23.2 Å². The van der Waals surface area contributed by atoms with Crippen molar-refractivity contribution in [1.29, 1.82) is 5.26 Å². The molecule has 0 radical (unpaired) electrons. The third-order valence-corrected chi connectivity index (χ3v) is 5.47. The number of hydrogen-bond donors (Lipinski definition) is 2. The molecule has 2 aromatic rings. The van der Waals surface area contributed by atoms with Gasteiger partial charge in [-0.05, 0) is 49.8 Å². The zero-order chi connectivity index (χ0) is 23.5. The van der Waals surface area contributed by atoms with Crippen LogP contribution in [0, 0.1) is 24.2 Å². The zero-order valence-electron chi connectivity index (χ0n) is 18.3. The molecule has 3 rings (SSSR count). The van der Waals surface area contributed by atoms with Crippen LogP contribution in [0.15, 0.2) is 42.5 Å². The zero-order valence-corrected chi connectivity index (χ0v) is 18.3. The minimum atomic E-state index is -4.61. The standard InChI is InChI=1S/C24H27F3N4O/c1-15(2)13-20(22(32)31-23(14-28)11-12-23)30-21(24(25,26)27)18-9-7-17(8-10-18)19-6-4-5-16(3)29-19/h4-10,15,20-21,30H,11-13H2,1-3H3,(H,31,32)/t20-,21-/m0/s1. The van der Waals surface area contributed by atoms with Gasteiger partial charge in [0.05, 0.1) is 17.8 Å². The first-order valence-corrected chi connectivity index (χ1v) is 10.6. The van der Waals surface area contributed by atoms with Gasteiger partial charge in [-0.1, -0.05) is 44.2 Å². The maximum absolute atomic E-state index is 14.0. The number of carbonyl (C=O) groups excluding carboxylic acids is 1. The maximum atomic E-state index is 14.0. The summed E-state index contributed by atoms with van der Waals surface area (Å²) in [4.78, 5) is 17.2. The van der Waals surface area contributed by atoms with Gasteiger partial charge < -0.3 is 5.32 Å². The van der Waals surface area contributed by atoms with Crippen LogP contribution in [0.1, 0.15) is 50.4 Å². The number of nitrogens with one attached hydrogen (secondary N) is 2. The summed E-state index contributed by atoms with van der Waals surface area (Å²) in [6.45, 7) is 5.52. The number of nitriles is 1.